The van der Waals surface area contributed by atoms with E-state index < -0.39 is 0 Å². The highest BCUT2D eigenvalue weighted by Gasteiger charge is 2.26. The van der Waals surface area contributed by atoms with Gasteiger partial charge in [0.1, 0.15) is 12.4 Å². The molecule has 1 aliphatic carbocycles. The van der Waals surface area contributed by atoms with Gasteiger partial charge >= 0.3 is 0 Å². The Kier molecular flexibility index (Phi) is 4.71. The number of para-hydroxylation sites is 1. The summed E-state index contributed by atoms with van der Waals surface area (Å²) < 4.78 is 7.73. The van der Waals surface area contributed by atoms with E-state index in [1.54, 1.807) is 11.6 Å². The average Bonchev–Trinajstić information content (AvgIpc) is 3.31. The summed E-state index contributed by atoms with van der Waals surface area (Å²) in [7, 11) is 1.95. The third-order valence-electron chi connectivity index (χ3n) is 4.67. The molecule has 1 N–H and O–H groups in total. The monoisotopic (exact) mass is 368 g/mol. The van der Waals surface area contributed by atoms with Crippen LogP contribution in [0.2, 0.25) is 0 Å². The molecule has 1 aromatic carbocycles. The molecule has 3 aromatic rings. The van der Waals surface area contributed by atoms with Crippen LogP contribution in [0.3, 0.4) is 0 Å². The molecule has 0 radical (unpaired) electrons. The summed E-state index contributed by atoms with van der Waals surface area (Å²) in [5.41, 5.74) is 5.49. The molecule has 0 aliphatic heterocycles. The Hall–Kier alpha value is -2.67. The van der Waals surface area contributed by atoms with Crippen LogP contribution in [0.1, 0.15) is 46.2 Å². The molecule has 0 saturated carbocycles. The van der Waals surface area contributed by atoms with Crippen molar-refractivity contribution in [2.24, 2.45) is 7.05 Å². The molecular formula is C19H20N4O2S. The average molecular weight is 368 g/mol. The summed E-state index contributed by atoms with van der Waals surface area (Å²) in [5.74, 6) is 0.445. The maximum Gasteiger partial charge on any atom is 0.255 e. The predicted octanol–water partition coefficient (Wildman–Crippen LogP) is 3.26. The Balaban J connectivity index is 1.50. The van der Waals surface area contributed by atoms with Crippen molar-refractivity contribution in [2.45, 2.75) is 31.9 Å². The first-order valence-corrected chi connectivity index (χ1v) is 9.57. The molecule has 2 heterocycles. The topological polar surface area (TPSA) is 69.0 Å². The summed E-state index contributed by atoms with van der Waals surface area (Å²) in [6.07, 6.45) is 4.83. The lowest BCUT2D eigenvalue weighted by molar-refractivity contribution is 0.0928. The molecule has 6 nitrogen and oxygen atoms in total. The van der Waals surface area contributed by atoms with Crippen molar-refractivity contribution in [3.05, 3.63) is 63.9 Å². The van der Waals surface area contributed by atoms with Gasteiger partial charge in [0.2, 0.25) is 0 Å². The number of ether oxygens (including phenoxy) is 1. The van der Waals surface area contributed by atoms with Gasteiger partial charge in [-0.05, 0) is 31.4 Å². The summed E-state index contributed by atoms with van der Waals surface area (Å²) in [5, 5.41) is 9.43. The largest absolute Gasteiger partial charge is 0.486 e. The Morgan fingerprint density at radius 3 is 3.15 bits per heavy atom. The van der Waals surface area contributed by atoms with Gasteiger partial charge < -0.3 is 10.1 Å². The molecule has 0 saturated heterocycles. The molecule has 0 fully saturated rings. The van der Waals surface area contributed by atoms with Gasteiger partial charge in [0, 0.05) is 23.7 Å². The van der Waals surface area contributed by atoms with Gasteiger partial charge in [-0.1, -0.05) is 12.1 Å². The van der Waals surface area contributed by atoms with Gasteiger partial charge in [-0.15, -0.1) is 11.3 Å². The third-order valence-corrected chi connectivity index (χ3v) is 5.31. The molecule has 26 heavy (non-hydrogen) atoms. The number of hydrogen-bond donors (Lipinski definition) is 1. The molecule has 1 unspecified atom stereocenters. The number of benzene rings is 1. The fraction of sp³-hybridized carbons (Fsp3) is 0.316. The Morgan fingerprint density at radius 2 is 2.31 bits per heavy atom. The number of thiazole rings is 1. The van der Waals surface area contributed by atoms with Gasteiger partial charge in [-0.25, -0.2) is 4.98 Å². The number of aromatic nitrogens is 3. The van der Waals surface area contributed by atoms with Crippen LogP contribution in [-0.2, 0) is 20.1 Å². The van der Waals surface area contributed by atoms with Gasteiger partial charge in [0.05, 0.1) is 29.0 Å². The van der Waals surface area contributed by atoms with Gasteiger partial charge in [-0.3, -0.25) is 9.48 Å². The minimum absolute atomic E-state index is 0.00783. The van der Waals surface area contributed by atoms with Crippen molar-refractivity contribution < 1.29 is 9.53 Å². The molecule has 2 aromatic heterocycles. The van der Waals surface area contributed by atoms with Crippen molar-refractivity contribution in [1.82, 2.24) is 20.1 Å². The molecule has 4 rings (SSSR count). The van der Waals surface area contributed by atoms with Crippen molar-refractivity contribution in [1.29, 1.82) is 0 Å². The SMILES string of the molecule is Cn1ncc2c1CCCC2NC(=O)c1ccccc1OCc1cscn1. The van der Waals surface area contributed by atoms with Crippen molar-refractivity contribution in [3.63, 3.8) is 0 Å². The maximum absolute atomic E-state index is 12.9. The predicted molar refractivity (Wildman–Crippen MR) is 99.2 cm³/mol. The number of carbonyl (C=O) groups is 1. The number of rotatable bonds is 5. The lowest BCUT2D eigenvalue weighted by atomic mass is 9.92. The van der Waals surface area contributed by atoms with Crippen LogP contribution in [0.15, 0.2) is 41.4 Å². The van der Waals surface area contributed by atoms with E-state index in [9.17, 15) is 4.79 Å². The Labute approximate surface area is 155 Å². The van der Waals surface area contributed by atoms with Crippen LogP contribution in [0.25, 0.3) is 0 Å². The van der Waals surface area contributed by atoms with Crippen LogP contribution in [0.5, 0.6) is 5.75 Å². The second kappa shape index (κ2) is 7.29. The van der Waals surface area contributed by atoms with E-state index in [4.69, 9.17) is 4.74 Å². The van der Waals surface area contributed by atoms with E-state index >= 15 is 0 Å². The summed E-state index contributed by atoms with van der Waals surface area (Å²) in [4.78, 5) is 17.1. The zero-order chi connectivity index (χ0) is 17.9. The van der Waals surface area contributed by atoms with Crippen molar-refractivity contribution in [3.8, 4) is 5.75 Å². The minimum atomic E-state index is -0.124. The number of nitrogens with zero attached hydrogens (tertiary/aromatic N) is 3. The first kappa shape index (κ1) is 16.8. The van der Waals surface area contributed by atoms with Crippen LogP contribution >= 0.6 is 11.3 Å². The number of nitrogens with one attached hydrogen (secondary N) is 1. The number of fused-ring (bicyclic) bond motifs is 1. The number of aryl methyl sites for hydroxylation is 1. The first-order valence-electron chi connectivity index (χ1n) is 8.63. The van der Waals surface area contributed by atoms with Crippen LogP contribution < -0.4 is 10.1 Å². The zero-order valence-corrected chi connectivity index (χ0v) is 15.3. The molecule has 0 bridgehead atoms. The second-order valence-corrected chi connectivity index (χ2v) is 7.07. The van der Waals surface area contributed by atoms with Gasteiger partial charge in [0.15, 0.2) is 0 Å². The fourth-order valence-corrected chi connectivity index (χ4v) is 3.88. The van der Waals surface area contributed by atoms with Gasteiger partial charge in [-0.2, -0.15) is 5.10 Å². The lowest BCUT2D eigenvalue weighted by Crippen LogP contribution is -2.31. The molecule has 1 atom stereocenters. The van der Waals surface area contributed by atoms with E-state index in [0.717, 1.165) is 30.5 Å². The van der Waals surface area contributed by atoms with E-state index in [-0.39, 0.29) is 11.9 Å². The second-order valence-electron chi connectivity index (χ2n) is 6.35. The van der Waals surface area contributed by atoms with E-state index in [1.807, 2.05) is 41.5 Å². The molecular weight excluding hydrogens is 348 g/mol. The normalized spacial score (nSPS) is 16.1. The minimum Gasteiger partial charge on any atom is -0.486 e. The summed E-state index contributed by atoms with van der Waals surface area (Å²) >= 11 is 1.53. The molecule has 1 aliphatic rings. The molecule has 134 valence electrons. The van der Waals surface area contributed by atoms with Crippen LogP contribution in [-0.4, -0.2) is 20.7 Å². The quantitative estimate of drug-likeness (QED) is 0.750. The van der Waals surface area contributed by atoms with E-state index in [0.29, 0.717) is 17.9 Å². The summed E-state index contributed by atoms with van der Waals surface area (Å²) in [6.45, 7) is 0.351. The fourth-order valence-electron chi connectivity index (χ4n) is 3.33. The van der Waals surface area contributed by atoms with Crippen molar-refractivity contribution in [2.75, 3.05) is 0 Å². The Morgan fingerprint density at radius 1 is 1.42 bits per heavy atom. The highest BCUT2D eigenvalue weighted by Crippen LogP contribution is 2.30. The highest BCUT2D eigenvalue weighted by atomic mass is 32.1. The van der Waals surface area contributed by atoms with Crippen molar-refractivity contribution >= 4 is 17.2 Å². The molecule has 1 amide bonds. The highest BCUT2D eigenvalue weighted by molar-refractivity contribution is 7.07. The zero-order valence-electron chi connectivity index (χ0n) is 14.5. The third kappa shape index (κ3) is 3.35. The number of carbonyl (C=O) groups excluding carboxylic acids is 1. The molecule has 7 heteroatoms. The lowest BCUT2D eigenvalue weighted by Gasteiger charge is -2.24. The maximum atomic E-state index is 12.9. The number of hydrogen-bond acceptors (Lipinski definition) is 5. The molecule has 0 spiro atoms. The van der Waals surface area contributed by atoms with E-state index in [1.165, 1.54) is 17.0 Å². The van der Waals surface area contributed by atoms with Gasteiger partial charge in [0.25, 0.3) is 5.91 Å². The smallest absolute Gasteiger partial charge is 0.255 e. The standard InChI is InChI=1S/C19H20N4O2S/c1-23-17-7-4-6-16(15(17)9-21-23)22-19(24)14-5-2-3-8-18(14)25-10-13-11-26-12-20-13/h2-3,5,8-9,11-12,16H,4,6-7,10H2,1H3,(H,22,24). The van der Waals surface area contributed by atoms with Crippen LogP contribution in [0, 0.1) is 0 Å². The van der Waals surface area contributed by atoms with Crippen LogP contribution in [0.4, 0.5) is 0 Å². The number of amides is 1. The first-order chi connectivity index (χ1) is 12.7. The van der Waals surface area contributed by atoms with E-state index in [2.05, 4.69) is 15.4 Å². The summed E-state index contributed by atoms with van der Waals surface area (Å²) in [6, 6.07) is 7.32. The Bertz CT molecular complexity index is 904.